The molecule has 0 fully saturated rings. The van der Waals surface area contributed by atoms with Gasteiger partial charge in [0.15, 0.2) is 0 Å². The normalized spacial score (nSPS) is 10.2. The van der Waals surface area contributed by atoms with Gasteiger partial charge in [-0.2, -0.15) is 0 Å². The number of carboxylic acids is 1. The number of rotatable bonds is 5. The van der Waals surface area contributed by atoms with Crippen molar-refractivity contribution in [3.05, 3.63) is 47.4 Å². The number of aryl methyl sites for hydroxylation is 1. The molecule has 2 aromatic rings. The number of carbonyl (C=O) groups excluding carboxylic acids is 1. The molecule has 0 spiro atoms. The summed E-state index contributed by atoms with van der Waals surface area (Å²) in [6.07, 6.45) is 3.57. The Morgan fingerprint density at radius 1 is 1.30 bits per heavy atom. The Hall–Kier alpha value is -2.70. The third-order valence-corrected chi connectivity index (χ3v) is 2.59. The molecule has 0 aliphatic carbocycles. The SMILES string of the molecule is CCc1cnc(CNC(=O)c2ccc(C(=O)O)nc2)o1. The maximum atomic E-state index is 11.8. The Balaban J connectivity index is 1.96. The molecule has 2 aromatic heterocycles. The summed E-state index contributed by atoms with van der Waals surface area (Å²) < 4.78 is 5.35. The molecule has 0 saturated heterocycles. The lowest BCUT2D eigenvalue weighted by atomic mass is 10.2. The molecular formula is C13H13N3O4. The van der Waals surface area contributed by atoms with Gasteiger partial charge in [-0.1, -0.05) is 6.92 Å². The molecule has 0 radical (unpaired) electrons. The fourth-order valence-electron chi connectivity index (χ4n) is 1.51. The topological polar surface area (TPSA) is 105 Å². The number of pyridine rings is 1. The van der Waals surface area contributed by atoms with E-state index in [1.807, 2.05) is 6.92 Å². The molecule has 2 rings (SSSR count). The van der Waals surface area contributed by atoms with E-state index in [-0.39, 0.29) is 23.7 Å². The molecule has 0 aromatic carbocycles. The highest BCUT2D eigenvalue weighted by Gasteiger charge is 2.10. The van der Waals surface area contributed by atoms with E-state index in [0.29, 0.717) is 5.89 Å². The van der Waals surface area contributed by atoms with Gasteiger partial charge >= 0.3 is 5.97 Å². The van der Waals surface area contributed by atoms with Crippen molar-refractivity contribution in [3.63, 3.8) is 0 Å². The van der Waals surface area contributed by atoms with Crippen LogP contribution < -0.4 is 5.32 Å². The van der Waals surface area contributed by atoms with Crippen LogP contribution in [0.25, 0.3) is 0 Å². The zero-order chi connectivity index (χ0) is 14.5. The van der Waals surface area contributed by atoms with Gasteiger partial charge in [0.2, 0.25) is 5.89 Å². The van der Waals surface area contributed by atoms with Crippen molar-refractivity contribution < 1.29 is 19.1 Å². The minimum atomic E-state index is -1.14. The van der Waals surface area contributed by atoms with Crippen LogP contribution in [0, 0.1) is 0 Å². The highest BCUT2D eigenvalue weighted by molar-refractivity contribution is 5.94. The first kappa shape index (κ1) is 13.7. The highest BCUT2D eigenvalue weighted by Crippen LogP contribution is 2.05. The highest BCUT2D eigenvalue weighted by atomic mass is 16.4. The summed E-state index contributed by atoms with van der Waals surface area (Å²) in [6.45, 7) is 2.11. The molecule has 0 aliphatic heterocycles. The van der Waals surface area contributed by atoms with E-state index in [0.717, 1.165) is 12.2 Å². The second-order valence-corrected chi connectivity index (χ2v) is 3.99. The predicted molar refractivity (Wildman–Crippen MR) is 68.2 cm³/mol. The third-order valence-electron chi connectivity index (χ3n) is 2.59. The number of nitrogens with zero attached hydrogens (tertiary/aromatic N) is 2. The number of carbonyl (C=O) groups is 2. The Kier molecular flexibility index (Phi) is 4.09. The summed E-state index contributed by atoms with van der Waals surface area (Å²) in [6, 6.07) is 2.68. The van der Waals surface area contributed by atoms with Crippen LogP contribution in [0.4, 0.5) is 0 Å². The van der Waals surface area contributed by atoms with Crippen LogP contribution in [0.3, 0.4) is 0 Å². The number of aromatic nitrogens is 2. The van der Waals surface area contributed by atoms with Crippen molar-refractivity contribution in [1.29, 1.82) is 0 Å². The molecule has 104 valence electrons. The Morgan fingerprint density at radius 3 is 2.65 bits per heavy atom. The predicted octanol–water partition coefficient (Wildman–Crippen LogP) is 1.26. The molecule has 7 heteroatoms. The van der Waals surface area contributed by atoms with Gasteiger partial charge in [-0.25, -0.2) is 14.8 Å². The standard InChI is InChI=1S/C13H13N3O4/c1-2-9-6-15-11(20-9)7-16-12(17)8-3-4-10(13(18)19)14-5-8/h3-6H,2,7H2,1H3,(H,16,17)(H,18,19). The summed E-state index contributed by atoms with van der Waals surface area (Å²) in [5.74, 6) is -0.332. The average Bonchev–Trinajstić information content (AvgIpc) is 2.93. The zero-order valence-electron chi connectivity index (χ0n) is 10.8. The number of hydrogen-bond donors (Lipinski definition) is 2. The molecule has 20 heavy (non-hydrogen) atoms. The zero-order valence-corrected chi connectivity index (χ0v) is 10.8. The smallest absolute Gasteiger partial charge is 0.354 e. The molecule has 0 aliphatic rings. The molecule has 2 N–H and O–H groups in total. The van der Waals surface area contributed by atoms with Crippen molar-refractivity contribution in [3.8, 4) is 0 Å². The molecule has 1 amide bonds. The largest absolute Gasteiger partial charge is 0.477 e. The molecule has 0 saturated carbocycles. The van der Waals surface area contributed by atoms with E-state index in [9.17, 15) is 9.59 Å². The van der Waals surface area contributed by atoms with Gasteiger partial charge in [0.25, 0.3) is 5.91 Å². The minimum Gasteiger partial charge on any atom is -0.477 e. The van der Waals surface area contributed by atoms with Crippen LogP contribution >= 0.6 is 0 Å². The van der Waals surface area contributed by atoms with E-state index in [1.54, 1.807) is 6.20 Å². The van der Waals surface area contributed by atoms with E-state index < -0.39 is 5.97 Å². The quantitative estimate of drug-likeness (QED) is 0.851. The van der Waals surface area contributed by atoms with Crippen LogP contribution in [-0.2, 0) is 13.0 Å². The van der Waals surface area contributed by atoms with Crippen molar-refractivity contribution in [2.45, 2.75) is 19.9 Å². The van der Waals surface area contributed by atoms with E-state index in [2.05, 4.69) is 15.3 Å². The second-order valence-electron chi connectivity index (χ2n) is 3.99. The number of nitrogens with one attached hydrogen (secondary N) is 1. The first-order valence-corrected chi connectivity index (χ1v) is 6.01. The molecule has 0 atom stereocenters. The van der Waals surface area contributed by atoms with Gasteiger partial charge < -0.3 is 14.8 Å². The molecule has 7 nitrogen and oxygen atoms in total. The van der Waals surface area contributed by atoms with Gasteiger partial charge in [-0.15, -0.1) is 0 Å². The van der Waals surface area contributed by atoms with Crippen LogP contribution in [-0.4, -0.2) is 27.0 Å². The van der Waals surface area contributed by atoms with Gasteiger partial charge in [0.05, 0.1) is 18.3 Å². The van der Waals surface area contributed by atoms with Crippen molar-refractivity contribution in [1.82, 2.24) is 15.3 Å². The Morgan fingerprint density at radius 2 is 2.10 bits per heavy atom. The average molecular weight is 275 g/mol. The number of carboxylic acid groups (broad SMARTS) is 1. The van der Waals surface area contributed by atoms with Gasteiger partial charge in [-0.3, -0.25) is 4.79 Å². The first-order valence-electron chi connectivity index (χ1n) is 6.01. The van der Waals surface area contributed by atoms with E-state index >= 15 is 0 Å². The van der Waals surface area contributed by atoms with Crippen LogP contribution in [0.5, 0.6) is 0 Å². The molecule has 2 heterocycles. The van der Waals surface area contributed by atoms with Gasteiger partial charge in [0.1, 0.15) is 11.5 Å². The van der Waals surface area contributed by atoms with Crippen molar-refractivity contribution in [2.24, 2.45) is 0 Å². The Labute approximate surface area is 114 Å². The second kappa shape index (κ2) is 5.96. The molecular weight excluding hydrogens is 262 g/mol. The van der Waals surface area contributed by atoms with Crippen LogP contribution in [0.15, 0.2) is 28.9 Å². The molecule has 0 unspecified atom stereocenters. The summed E-state index contributed by atoms with van der Waals surface area (Å²) in [7, 11) is 0. The van der Waals surface area contributed by atoms with E-state index in [4.69, 9.17) is 9.52 Å². The van der Waals surface area contributed by atoms with Crippen molar-refractivity contribution in [2.75, 3.05) is 0 Å². The first-order chi connectivity index (χ1) is 9.60. The lowest BCUT2D eigenvalue weighted by molar-refractivity contribution is 0.0689. The number of hydrogen-bond acceptors (Lipinski definition) is 5. The van der Waals surface area contributed by atoms with Crippen LogP contribution in [0.2, 0.25) is 0 Å². The fourth-order valence-corrected chi connectivity index (χ4v) is 1.51. The number of aromatic carboxylic acids is 1. The summed E-state index contributed by atoms with van der Waals surface area (Å²) in [5.41, 5.74) is 0.166. The maximum Gasteiger partial charge on any atom is 0.354 e. The Bertz CT molecular complexity index is 619. The van der Waals surface area contributed by atoms with Gasteiger partial charge in [-0.05, 0) is 12.1 Å². The third kappa shape index (κ3) is 3.19. The fraction of sp³-hybridized carbons (Fsp3) is 0.231. The lowest BCUT2D eigenvalue weighted by Gasteiger charge is -2.02. The maximum absolute atomic E-state index is 11.8. The van der Waals surface area contributed by atoms with Gasteiger partial charge in [0, 0.05) is 12.6 Å². The van der Waals surface area contributed by atoms with Crippen LogP contribution in [0.1, 0.15) is 39.4 Å². The number of oxazole rings is 1. The summed E-state index contributed by atoms with van der Waals surface area (Å²) >= 11 is 0. The minimum absolute atomic E-state index is 0.109. The molecule has 0 bridgehead atoms. The summed E-state index contributed by atoms with van der Waals surface area (Å²) in [4.78, 5) is 30.1. The lowest BCUT2D eigenvalue weighted by Crippen LogP contribution is -2.23. The number of amides is 1. The van der Waals surface area contributed by atoms with E-state index in [1.165, 1.54) is 18.3 Å². The van der Waals surface area contributed by atoms with Crippen molar-refractivity contribution >= 4 is 11.9 Å². The monoisotopic (exact) mass is 275 g/mol. The summed E-state index contributed by atoms with van der Waals surface area (Å²) in [5, 5.41) is 11.3.